The average Bonchev–Trinajstić information content (AvgIpc) is 3.20. The first-order chi connectivity index (χ1) is 11.3. The van der Waals surface area contributed by atoms with Crippen molar-refractivity contribution in [2.75, 3.05) is 39.8 Å². The highest BCUT2D eigenvalue weighted by Gasteiger charge is 2.40. The molecule has 2 aliphatic carbocycles. The summed E-state index contributed by atoms with van der Waals surface area (Å²) in [6, 6.07) is 0.934. The van der Waals surface area contributed by atoms with Crippen molar-refractivity contribution in [2.45, 2.75) is 63.8 Å². The number of hydrogen-bond acceptors (Lipinski definition) is 2. The molecule has 130 valence electrons. The Kier molecular flexibility index (Phi) is 4.53. The Labute approximate surface area is 141 Å². The van der Waals surface area contributed by atoms with E-state index >= 15 is 0 Å². The molecule has 1 spiro atoms. The van der Waals surface area contributed by atoms with Crippen molar-refractivity contribution in [3.63, 3.8) is 0 Å². The van der Waals surface area contributed by atoms with Crippen LogP contribution in [0.5, 0.6) is 0 Å². The van der Waals surface area contributed by atoms with Crippen LogP contribution in [-0.2, 0) is 0 Å². The average molecular weight is 319 g/mol. The van der Waals surface area contributed by atoms with E-state index in [1.165, 1.54) is 84.0 Å². The Morgan fingerprint density at radius 1 is 1.09 bits per heavy atom. The van der Waals surface area contributed by atoms with Gasteiger partial charge < -0.3 is 15.1 Å². The Bertz CT molecular complexity index is 437. The summed E-state index contributed by atoms with van der Waals surface area (Å²) in [4.78, 5) is 9.84. The highest BCUT2D eigenvalue weighted by atomic mass is 15.3. The first-order valence-electron chi connectivity index (χ1n) is 9.98. The lowest BCUT2D eigenvalue weighted by Gasteiger charge is -2.33. The number of guanidine groups is 1. The largest absolute Gasteiger partial charge is 0.356 e. The Morgan fingerprint density at radius 2 is 1.91 bits per heavy atom. The third-order valence-electron chi connectivity index (χ3n) is 6.79. The molecular formula is C19H34N4. The molecule has 2 heterocycles. The van der Waals surface area contributed by atoms with Crippen molar-refractivity contribution in [2.24, 2.45) is 16.3 Å². The minimum atomic E-state index is 0.617. The van der Waals surface area contributed by atoms with Gasteiger partial charge in [0.2, 0.25) is 0 Å². The number of likely N-dealkylation sites (tertiary alicyclic amines) is 2. The summed E-state index contributed by atoms with van der Waals surface area (Å²) in [7, 11) is 1.96. The third-order valence-corrected chi connectivity index (χ3v) is 6.79. The van der Waals surface area contributed by atoms with Gasteiger partial charge in [0, 0.05) is 39.3 Å². The Balaban J connectivity index is 1.26. The molecule has 0 aromatic rings. The van der Waals surface area contributed by atoms with Crippen molar-refractivity contribution in [1.82, 2.24) is 15.1 Å². The topological polar surface area (TPSA) is 30.9 Å². The van der Waals surface area contributed by atoms with Crippen LogP contribution >= 0.6 is 0 Å². The summed E-state index contributed by atoms with van der Waals surface area (Å²) >= 11 is 0. The lowest BCUT2D eigenvalue weighted by molar-refractivity contribution is 0.203. The maximum Gasteiger partial charge on any atom is 0.193 e. The Hall–Kier alpha value is -0.770. The second kappa shape index (κ2) is 6.62. The standard InChI is InChI=1S/C19H34N4/c1-20-18(21-13-16-7-11-22(14-16)17-5-6-17)23-12-10-19(15-23)8-3-2-4-9-19/h16-17H,2-15H2,1H3,(H,20,21). The van der Waals surface area contributed by atoms with Crippen LogP contribution in [0.15, 0.2) is 4.99 Å². The van der Waals surface area contributed by atoms with E-state index in [2.05, 4.69) is 20.1 Å². The fourth-order valence-corrected chi connectivity index (χ4v) is 5.19. The molecule has 23 heavy (non-hydrogen) atoms. The number of aliphatic imine (C=N–C) groups is 1. The minimum Gasteiger partial charge on any atom is -0.356 e. The fraction of sp³-hybridized carbons (Fsp3) is 0.947. The van der Waals surface area contributed by atoms with E-state index in [-0.39, 0.29) is 0 Å². The van der Waals surface area contributed by atoms with Gasteiger partial charge >= 0.3 is 0 Å². The van der Waals surface area contributed by atoms with Gasteiger partial charge in [-0.25, -0.2) is 0 Å². The molecule has 0 radical (unpaired) electrons. The lowest BCUT2D eigenvalue weighted by atomic mass is 9.73. The molecule has 0 amide bonds. The highest BCUT2D eigenvalue weighted by Crippen LogP contribution is 2.43. The van der Waals surface area contributed by atoms with Crippen LogP contribution in [-0.4, -0.2) is 61.6 Å². The number of rotatable bonds is 3. The normalized spacial score (nSPS) is 32.0. The minimum absolute atomic E-state index is 0.617. The molecule has 2 saturated heterocycles. The lowest BCUT2D eigenvalue weighted by Crippen LogP contribution is -2.43. The maximum absolute atomic E-state index is 4.59. The Morgan fingerprint density at radius 3 is 2.65 bits per heavy atom. The molecule has 4 heteroatoms. The molecule has 1 atom stereocenters. The van der Waals surface area contributed by atoms with E-state index in [1.807, 2.05) is 7.05 Å². The summed E-state index contributed by atoms with van der Waals surface area (Å²) in [5, 5.41) is 3.70. The first-order valence-corrected chi connectivity index (χ1v) is 9.98. The summed E-state index contributed by atoms with van der Waals surface area (Å²) in [5.74, 6) is 1.98. The predicted octanol–water partition coefficient (Wildman–Crippen LogP) is 2.70. The first kappa shape index (κ1) is 15.7. The molecule has 0 aromatic heterocycles. The molecular weight excluding hydrogens is 284 g/mol. The van der Waals surface area contributed by atoms with E-state index < -0.39 is 0 Å². The van der Waals surface area contributed by atoms with Crippen LogP contribution in [0.2, 0.25) is 0 Å². The van der Waals surface area contributed by atoms with Crippen molar-refractivity contribution in [3.8, 4) is 0 Å². The van der Waals surface area contributed by atoms with E-state index in [0.717, 1.165) is 24.5 Å². The number of nitrogens with zero attached hydrogens (tertiary/aromatic N) is 3. The van der Waals surface area contributed by atoms with Crippen LogP contribution in [0.1, 0.15) is 57.8 Å². The molecule has 0 bridgehead atoms. The van der Waals surface area contributed by atoms with E-state index in [1.54, 1.807) is 0 Å². The quantitative estimate of drug-likeness (QED) is 0.641. The molecule has 1 unspecified atom stereocenters. The second-order valence-electron chi connectivity index (χ2n) is 8.54. The van der Waals surface area contributed by atoms with Gasteiger partial charge in [-0.05, 0) is 56.4 Å². The van der Waals surface area contributed by atoms with Crippen LogP contribution in [0.3, 0.4) is 0 Å². The van der Waals surface area contributed by atoms with E-state index in [9.17, 15) is 0 Å². The van der Waals surface area contributed by atoms with Crippen molar-refractivity contribution >= 4 is 5.96 Å². The molecule has 1 N–H and O–H groups in total. The van der Waals surface area contributed by atoms with Gasteiger partial charge in [0.25, 0.3) is 0 Å². The van der Waals surface area contributed by atoms with Crippen LogP contribution < -0.4 is 5.32 Å². The predicted molar refractivity (Wildman–Crippen MR) is 95.8 cm³/mol. The number of nitrogens with one attached hydrogen (secondary N) is 1. The SMILES string of the molecule is CN=C(NCC1CCN(C2CC2)C1)N1CCC2(CCCCC2)C1. The molecule has 4 fully saturated rings. The summed E-state index contributed by atoms with van der Waals surface area (Å²) in [6.45, 7) is 6.19. The van der Waals surface area contributed by atoms with Gasteiger partial charge in [0.1, 0.15) is 0 Å². The van der Waals surface area contributed by atoms with Gasteiger partial charge in [-0.1, -0.05) is 19.3 Å². The monoisotopic (exact) mass is 318 g/mol. The zero-order valence-corrected chi connectivity index (χ0v) is 14.9. The molecule has 2 saturated carbocycles. The summed E-state index contributed by atoms with van der Waals surface area (Å²) in [6.07, 6.45) is 12.9. The van der Waals surface area contributed by atoms with Crippen molar-refractivity contribution in [1.29, 1.82) is 0 Å². The van der Waals surface area contributed by atoms with Crippen LogP contribution in [0.25, 0.3) is 0 Å². The molecule has 4 aliphatic rings. The smallest absolute Gasteiger partial charge is 0.193 e. The zero-order valence-electron chi connectivity index (χ0n) is 14.9. The molecule has 4 rings (SSSR count). The van der Waals surface area contributed by atoms with Gasteiger partial charge in [-0.2, -0.15) is 0 Å². The zero-order chi connectivity index (χ0) is 15.7. The van der Waals surface area contributed by atoms with Crippen molar-refractivity contribution in [3.05, 3.63) is 0 Å². The van der Waals surface area contributed by atoms with E-state index in [0.29, 0.717) is 5.41 Å². The van der Waals surface area contributed by atoms with Gasteiger partial charge in [-0.15, -0.1) is 0 Å². The van der Waals surface area contributed by atoms with Gasteiger partial charge in [0.15, 0.2) is 5.96 Å². The molecule has 4 nitrogen and oxygen atoms in total. The summed E-state index contributed by atoms with van der Waals surface area (Å²) < 4.78 is 0. The van der Waals surface area contributed by atoms with Gasteiger partial charge in [-0.3, -0.25) is 4.99 Å². The maximum atomic E-state index is 4.59. The molecule has 2 aliphatic heterocycles. The number of hydrogen-bond donors (Lipinski definition) is 1. The second-order valence-corrected chi connectivity index (χ2v) is 8.54. The van der Waals surface area contributed by atoms with E-state index in [4.69, 9.17) is 0 Å². The van der Waals surface area contributed by atoms with Crippen LogP contribution in [0, 0.1) is 11.3 Å². The molecule has 0 aromatic carbocycles. The highest BCUT2D eigenvalue weighted by molar-refractivity contribution is 5.80. The summed E-state index contributed by atoms with van der Waals surface area (Å²) in [5.41, 5.74) is 0.617. The van der Waals surface area contributed by atoms with Crippen molar-refractivity contribution < 1.29 is 0 Å². The fourth-order valence-electron chi connectivity index (χ4n) is 5.19. The van der Waals surface area contributed by atoms with Gasteiger partial charge in [0.05, 0.1) is 0 Å². The third kappa shape index (κ3) is 3.52. The van der Waals surface area contributed by atoms with Crippen LogP contribution in [0.4, 0.5) is 0 Å².